The number of hydrogen-bond acceptors (Lipinski definition) is 4. The zero-order valence-corrected chi connectivity index (χ0v) is 20.2. The topological polar surface area (TPSA) is 62.5 Å². The number of hydrogen-bond donors (Lipinski definition) is 1. The molecular weight excluding hydrogens is 446 g/mol. The lowest BCUT2D eigenvalue weighted by Crippen LogP contribution is -2.40. The van der Waals surface area contributed by atoms with Crippen LogP contribution in [-0.2, 0) is 11.3 Å². The standard InChI is InChI=1S/C27H28ClN5O/c1-18-7-8-21(15-19(18)2)24-16-25-26(29-11-14-33(25)31-24)32-12-9-20(10-13-32)27(34)30-17-22-5-3-4-6-23(22)28/h3-8,11,14-16,20H,9-10,12-13,17H2,1-2H3,(H,30,34). The number of piperidine rings is 1. The van der Waals surface area contributed by atoms with E-state index in [-0.39, 0.29) is 11.8 Å². The predicted molar refractivity (Wildman–Crippen MR) is 136 cm³/mol. The third-order valence-corrected chi connectivity index (χ3v) is 7.12. The van der Waals surface area contributed by atoms with Gasteiger partial charge in [0, 0.05) is 48.5 Å². The molecule has 174 valence electrons. The first-order valence-electron chi connectivity index (χ1n) is 11.7. The molecule has 1 saturated heterocycles. The first-order chi connectivity index (χ1) is 16.5. The molecule has 0 bridgehead atoms. The molecule has 2 aromatic heterocycles. The second-order valence-corrected chi connectivity index (χ2v) is 9.39. The monoisotopic (exact) mass is 473 g/mol. The minimum Gasteiger partial charge on any atom is -0.355 e. The molecule has 1 amide bonds. The summed E-state index contributed by atoms with van der Waals surface area (Å²) in [5.41, 5.74) is 6.48. The lowest BCUT2D eigenvalue weighted by atomic mass is 9.95. The van der Waals surface area contributed by atoms with Gasteiger partial charge in [0.2, 0.25) is 5.91 Å². The summed E-state index contributed by atoms with van der Waals surface area (Å²) < 4.78 is 1.90. The third-order valence-electron chi connectivity index (χ3n) is 6.75. The van der Waals surface area contributed by atoms with Gasteiger partial charge >= 0.3 is 0 Å². The van der Waals surface area contributed by atoms with E-state index >= 15 is 0 Å². The van der Waals surface area contributed by atoms with Gasteiger partial charge in [0.15, 0.2) is 5.82 Å². The van der Waals surface area contributed by atoms with E-state index in [0.717, 1.165) is 54.1 Å². The van der Waals surface area contributed by atoms with Crippen molar-refractivity contribution in [3.63, 3.8) is 0 Å². The highest BCUT2D eigenvalue weighted by Gasteiger charge is 2.27. The van der Waals surface area contributed by atoms with E-state index in [1.807, 2.05) is 35.0 Å². The fourth-order valence-electron chi connectivity index (χ4n) is 4.52. The van der Waals surface area contributed by atoms with Gasteiger partial charge in [-0.3, -0.25) is 4.79 Å². The van der Waals surface area contributed by atoms with E-state index in [1.54, 1.807) is 6.20 Å². The highest BCUT2D eigenvalue weighted by molar-refractivity contribution is 6.31. The van der Waals surface area contributed by atoms with Crippen LogP contribution in [0.15, 0.2) is 60.9 Å². The number of benzene rings is 2. The lowest BCUT2D eigenvalue weighted by Gasteiger charge is -2.32. The normalized spacial score (nSPS) is 14.5. The first-order valence-corrected chi connectivity index (χ1v) is 12.1. The molecule has 0 atom stereocenters. The number of anilines is 1. The number of aromatic nitrogens is 3. The molecule has 1 aliphatic heterocycles. The van der Waals surface area contributed by atoms with Crippen LogP contribution in [0.25, 0.3) is 16.8 Å². The van der Waals surface area contributed by atoms with E-state index in [1.165, 1.54) is 11.1 Å². The number of carbonyl (C=O) groups is 1. The SMILES string of the molecule is Cc1ccc(-c2cc3c(N4CCC(C(=O)NCc5ccccc5Cl)CC4)nccn3n2)cc1C. The van der Waals surface area contributed by atoms with Gasteiger partial charge in [0.25, 0.3) is 0 Å². The second-order valence-electron chi connectivity index (χ2n) is 8.98. The van der Waals surface area contributed by atoms with E-state index in [9.17, 15) is 4.79 Å². The summed E-state index contributed by atoms with van der Waals surface area (Å²) in [6.45, 7) is 6.25. The van der Waals surface area contributed by atoms with Crippen molar-refractivity contribution in [3.8, 4) is 11.3 Å². The minimum atomic E-state index is -0.00512. The first kappa shape index (κ1) is 22.4. The molecule has 1 fully saturated rings. The Morgan fingerprint density at radius 1 is 1.09 bits per heavy atom. The van der Waals surface area contributed by atoms with Crippen molar-refractivity contribution >= 4 is 28.8 Å². The number of carbonyl (C=O) groups excluding carboxylic acids is 1. The molecule has 0 unspecified atom stereocenters. The Kier molecular flexibility index (Phi) is 6.24. The summed E-state index contributed by atoms with van der Waals surface area (Å²) in [4.78, 5) is 19.7. The Hall–Kier alpha value is -3.38. The average molecular weight is 474 g/mol. The Morgan fingerprint density at radius 2 is 1.88 bits per heavy atom. The van der Waals surface area contributed by atoms with Gasteiger partial charge in [-0.25, -0.2) is 9.50 Å². The van der Waals surface area contributed by atoms with Gasteiger partial charge in [-0.1, -0.05) is 41.9 Å². The Bertz CT molecular complexity index is 1340. The third kappa shape index (κ3) is 4.50. The maximum absolute atomic E-state index is 12.7. The van der Waals surface area contributed by atoms with Crippen molar-refractivity contribution in [1.82, 2.24) is 19.9 Å². The van der Waals surface area contributed by atoms with Gasteiger partial charge in [-0.05, 0) is 61.6 Å². The van der Waals surface area contributed by atoms with Gasteiger partial charge in [-0.2, -0.15) is 5.10 Å². The highest BCUT2D eigenvalue weighted by Crippen LogP contribution is 2.29. The summed E-state index contributed by atoms with van der Waals surface area (Å²) in [6, 6.07) is 16.1. The second kappa shape index (κ2) is 9.47. The maximum Gasteiger partial charge on any atom is 0.223 e. The number of amides is 1. The number of fused-ring (bicyclic) bond motifs is 1. The molecule has 2 aromatic carbocycles. The highest BCUT2D eigenvalue weighted by atomic mass is 35.5. The zero-order valence-electron chi connectivity index (χ0n) is 19.5. The fraction of sp³-hybridized carbons (Fsp3) is 0.296. The molecule has 0 aliphatic carbocycles. The van der Waals surface area contributed by atoms with E-state index in [2.05, 4.69) is 53.3 Å². The van der Waals surface area contributed by atoms with Crippen molar-refractivity contribution in [1.29, 1.82) is 0 Å². The van der Waals surface area contributed by atoms with Crippen LogP contribution in [0.4, 0.5) is 5.82 Å². The molecule has 34 heavy (non-hydrogen) atoms. The van der Waals surface area contributed by atoms with Crippen LogP contribution in [0, 0.1) is 19.8 Å². The smallest absolute Gasteiger partial charge is 0.223 e. The van der Waals surface area contributed by atoms with E-state index in [0.29, 0.717) is 11.6 Å². The van der Waals surface area contributed by atoms with Crippen LogP contribution in [0.1, 0.15) is 29.5 Å². The van der Waals surface area contributed by atoms with Gasteiger partial charge in [0.1, 0.15) is 5.52 Å². The van der Waals surface area contributed by atoms with Crippen LogP contribution in [0.5, 0.6) is 0 Å². The number of rotatable bonds is 5. The van der Waals surface area contributed by atoms with Gasteiger partial charge in [0.05, 0.1) is 5.69 Å². The molecule has 1 aliphatic rings. The molecule has 0 saturated carbocycles. The van der Waals surface area contributed by atoms with Gasteiger partial charge in [-0.15, -0.1) is 0 Å². The molecule has 3 heterocycles. The molecular formula is C27H28ClN5O. The van der Waals surface area contributed by atoms with Crippen molar-refractivity contribution in [2.75, 3.05) is 18.0 Å². The number of nitrogens with zero attached hydrogens (tertiary/aromatic N) is 4. The Balaban J connectivity index is 1.27. The summed E-state index contributed by atoms with van der Waals surface area (Å²) >= 11 is 6.21. The molecule has 0 radical (unpaired) electrons. The van der Waals surface area contributed by atoms with Crippen molar-refractivity contribution in [3.05, 3.63) is 82.6 Å². The largest absolute Gasteiger partial charge is 0.355 e. The van der Waals surface area contributed by atoms with Crippen molar-refractivity contribution in [2.24, 2.45) is 5.92 Å². The number of aryl methyl sites for hydroxylation is 2. The summed E-state index contributed by atoms with van der Waals surface area (Å²) in [5.74, 6) is 1.00. The minimum absolute atomic E-state index is 0.00512. The molecule has 7 heteroatoms. The quantitative estimate of drug-likeness (QED) is 0.432. The number of nitrogens with one attached hydrogen (secondary N) is 1. The van der Waals surface area contributed by atoms with Crippen LogP contribution < -0.4 is 10.2 Å². The molecule has 4 aromatic rings. The number of halogens is 1. The predicted octanol–water partition coefficient (Wildman–Crippen LogP) is 5.20. The molecule has 1 N–H and O–H groups in total. The van der Waals surface area contributed by atoms with Crippen LogP contribution in [-0.4, -0.2) is 33.6 Å². The fourth-order valence-corrected chi connectivity index (χ4v) is 4.72. The summed E-state index contributed by atoms with van der Waals surface area (Å²) in [5, 5.41) is 8.52. The van der Waals surface area contributed by atoms with Crippen LogP contribution >= 0.6 is 11.6 Å². The van der Waals surface area contributed by atoms with E-state index < -0.39 is 0 Å². The average Bonchev–Trinajstić information content (AvgIpc) is 3.30. The molecule has 5 rings (SSSR count). The molecule has 0 spiro atoms. The van der Waals surface area contributed by atoms with Gasteiger partial charge < -0.3 is 10.2 Å². The van der Waals surface area contributed by atoms with Crippen molar-refractivity contribution in [2.45, 2.75) is 33.2 Å². The lowest BCUT2D eigenvalue weighted by molar-refractivity contribution is -0.125. The van der Waals surface area contributed by atoms with Crippen molar-refractivity contribution < 1.29 is 4.79 Å². The van der Waals surface area contributed by atoms with Crippen LogP contribution in [0.3, 0.4) is 0 Å². The zero-order chi connectivity index (χ0) is 23.7. The summed E-state index contributed by atoms with van der Waals surface area (Å²) in [6.07, 6.45) is 5.25. The van der Waals surface area contributed by atoms with Crippen LogP contribution in [0.2, 0.25) is 5.02 Å². The summed E-state index contributed by atoms with van der Waals surface area (Å²) in [7, 11) is 0. The maximum atomic E-state index is 12.7. The molecule has 6 nitrogen and oxygen atoms in total. The Morgan fingerprint density at radius 3 is 2.65 bits per heavy atom. The van der Waals surface area contributed by atoms with E-state index in [4.69, 9.17) is 16.7 Å². The Labute approximate surface area is 204 Å².